The van der Waals surface area contributed by atoms with E-state index in [0.29, 0.717) is 6.67 Å². The van der Waals surface area contributed by atoms with E-state index in [9.17, 15) is 9.59 Å². The summed E-state index contributed by atoms with van der Waals surface area (Å²) in [5.74, 6) is -0.817. The lowest BCUT2D eigenvalue weighted by atomic mass is 10.0. The van der Waals surface area contributed by atoms with Crippen LogP contribution in [0, 0.1) is 0 Å². The molecule has 6 heteroatoms. The highest BCUT2D eigenvalue weighted by Gasteiger charge is 2.34. The molecule has 0 saturated carbocycles. The summed E-state index contributed by atoms with van der Waals surface area (Å²) < 4.78 is 0. The molecule has 6 nitrogen and oxygen atoms in total. The van der Waals surface area contributed by atoms with E-state index in [4.69, 9.17) is 11.5 Å². The first kappa shape index (κ1) is 7.81. The summed E-state index contributed by atoms with van der Waals surface area (Å²) >= 11 is 0. The SMILES string of the molecule is NC1=CC(=O)C(N)=C(N2CN2)C1=O. The van der Waals surface area contributed by atoms with Crippen LogP contribution in [-0.2, 0) is 9.59 Å². The summed E-state index contributed by atoms with van der Waals surface area (Å²) in [6.07, 6.45) is 1.05. The molecule has 0 unspecified atom stereocenters. The lowest BCUT2D eigenvalue weighted by molar-refractivity contribution is -0.116. The fourth-order valence-corrected chi connectivity index (χ4v) is 1.12. The van der Waals surface area contributed by atoms with E-state index in [1.807, 2.05) is 0 Å². The summed E-state index contributed by atoms with van der Waals surface area (Å²) in [5, 5.41) is 1.48. The van der Waals surface area contributed by atoms with Crippen molar-refractivity contribution in [2.75, 3.05) is 6.67 Å². The molecule has 0 aromatic rings. The summed E-state index contributed by atoms with van der Waals surface area (Å²) in [4.78, 5) is 22.5. The molecule has 1 fully saturated rings. The molecule has 1 aliphatic carbocycles. The number of nitrogens with two attached hydrogens (primary N) is 2. The molecule has 0 bridgehead atoms. The van der Waals surface area contributed by atoms with Crippen molar-refractivity contribution < 1.29 is 9.59 Å². The van der Waals surface area contributed by atoms with E-state index in [-0.39, 0.29) is 17.1 Å². The van der Waals surface area contributed by atoms with Crippen molar-refractivity contribution in [2.24, 2.45) is 11.5 Å². The zero-order valence-corrected chi connectivity index (χ0v) is 6.70. The first-order valence-corrected chi connectivity index (χ1v) is 3.68. The molecule has 2 rings (SSSR count). The number of Topliss-reactive ketones (excluding diaryl/α,β-unsaturated/α-hetero) is 1. The number of carbonyl (C=O) groups excluding carboxylic acids is 2. The molecule has 68 valence electrons. The number of ketones is 2. The minimum Gasteiger partial charge on any atom is -0.395 e. The molecule has 5 N–H and O–H groups in total. The van der Waals surface area contributed by atoms with Gasteiger partial charge in [0.15, 0.2) is 0 Å². The van der Waals surface area contributed by atoms with Crippen LogP contribution in [-0.4, -0.2) is 23.2 Å². The van der Waals surface area contributed by atoms with E-state index < -0.39 is 11.6 Å². The first-order chi connectivity index (χ1) is 6.11. The van der Waals surface area contributed by atoms with Gasteiger partial charge in [0.1, 0.15) is 18.1 Å². The maximum Gasteiger partial charge on any atom is 0.228 e. The van der Waals surface area contributed by atoms with Gasteiger partial charge in [-0.05, 0) is 0 Å². The van der Waals surface area contributed by atoms with Crippen molar-refractivity contribution in [3.8, 4) is 0 Å². The number of hydrogen-bond acceptors (Lipinski definition) is 6. The van der Waals surface area contributed by atoms with Gasteiger partial charge in [-0.2, -0.15) is 0 Å². The number of hydrazine groups is 1. The fourth-order valence-electron chi connectivity index (χ4n) is 1.12. The smallest absolute Gasteiger partial charge is 0.228 e. The Bertz CT molecular complexity index is 365. The highest BCUT2D eigenvalue weighted by atomic mass is 16.1. The van der Waals surface area contributed by atoms with Gasteiger partial charge in [0.2, 0.25) is 11.6 Å². The minimum atomic E-state index is -0.416. The zero-order chi connectivity index (χ0) is 9.59. The average molecular weight is 180 g/mol. The van der Waals surface area contributed by atoms with Crippen molar-refractivity contribution in [1.82, 2.24) is 10.4 Å². The molecular formula is C7H8N4O2. The summed E-state index contributed by atoms with van der Waals surface area (Å²) in [5.41, 5.74) is 13.6. The van der Waals surface area contributed by atoms with Crippen LogP contribution in [0.4, 0.5) is 0 Å². The quantitative estimate of drug-likeness (QED) is 0.315. The van der Waals surface area contributed by atoms with Gasteiger partial charge in [-0.3, -0.25) is 14.6 Å². The molecule has 0 atom stereocenters. The van der Waals surface area contributed by atoms with Gasteiger partial charge in [-0.25, -0.2) is 5.43 Å². The van der Waals surface area contributed by atoms with E-state index in [0.717, 1.165) is 6.08 Å². The molecule has 1 heterocycles. The number of rotatable bonds is 1. The summed E-state index contributed by atoms with van der Waals surface area (Å²) in [7, 11) is 0. The van der Waals surface area contributed by atoms with Gasteiger partial charge in [0, 0.05) is 6.08 Å². The third kappa shape index (κ3) is 1.07. The molecule has 2 aliphatic rings. The number of nitrogens with one attached hydrogen (secondary N) is 1. The van der Waals surface area contributed by atoms with Crippen LogP contribution >= 0.6 is 0 Å². The largest absolute Gasteiger partial charge is 0.395 e. The number of nitrogens with zero attached hydrogens (tertiary/aromatic N) is 1. The van der Waals surface area contributed by atoms with Crippen LogP contribution < -0.4 is 16.9 Å². The third-order valence-corrected chi connectivity index (χ3v) is 1.87. The molecule has 0 amide bonds. The van der Waals surface area contributed by atoms with Crippen LogP contribution in [0.3, 0.4) is 0 Å². The highest BCUT2D eigenvalue weighted by molar-refractivity contribution is 6.21. The maximum atomic E-state index is 11.4. The van der Waals surface area contributed by atoms with E-state index in [1.165, 1.54) is 5.01 Å². The highest BCUT2D eigenvalue weighted by Crippen LogP contribution is 2.19. The van der Waals surface area contributed by atoms with Crippen molar-refractivity contribution >= 4 is 11.6 Å². The molecular weight excluding hydrogens is 172 g/mol. The van der Waals surface area contributed by atoms with Crippen molar-refractivity contribution in [3.05, 3.63) is 23.2 Å². The predicted octanol–water partition coefficient (Wildman–Crippen LogP) is -2.07. The van der Waals surface area contributed by atoms with Crippen LogP contribution in [0.25, 0.3) is 0 Å². The van der Waals surface area contributed by atoms with Crippen molar-refractivity contribution in [1.29, 1.82) is 0 Å². The summed E-state index contributed by atoms with van der Waals surface area (Å²) in [6, 6.07) is 0. The molecule has 0 spiro atoms. The molecule has 0 aromatic carbocycles. The first-order valence-electron chi connectivity index (χ1n) is 3.68. The second kappa shape index (κ2) is 2.33. The Morgan fingerprint density at radius 1 is 1.38 bits per heavy atom. The second-order valence-electron chi connectivity index (χ2n) is 2.80. The normalized spacial score (nSPS) is 22.2. The second-order valence-corrected chi connectivity index (χ2v) is 2.80. The zero-order valence-electron chi connectivity index (χ0n) is 6.70. The Morgan fingerprint density at radius 2 is 2.00 bits per heavy atom. The molecule has 0 radical (unpaired) electrons. The van der Waals surface area contributed by atoms with Crippen LogP contribution in [0.15, 0.2) is 23.2 Å². The van der Waals surface area contributed by atoms with Gasteiger partial charge < -0.3 is 11.5 Å². The maximum absolute atomic E-state index is 11.4. The number of hydrogen-bond donors (Lipinski definition) is 3. The fraction of sp³-hybridized carbons (Fsp3) is 0.143. The van der Waals surface area contributed by atoms with E-state index in [2.05, 4.69) is 5.43 Å². The molecule has 13 heavy (non-hydrogen) atoms. The Morgan fingerprint density at radius 3 is 2.54 bits per heavy atom. The van der Waals surface area contributed by atoms with Crippen molar-refractivity contribution in [2.45, 2.75) is 0 Å². The van der Waals surface area contributed by atoms with Crippen LogP contribution in [0.5, 0.6) is 0 Å². The minimum absolute atomic E-state index is 0.0517. The molecule has 1 aliphatic heterocycles. The van der Waals surface area contributed by atoms with E-state index >= 15 is 0 Å². The van der Waals surface area contributed by atoms with Gasteiger partial charge in [0.05, 0.1) is 5.70 Å². The van der Waals surface area contributed by atoms with Crippen LogP contribution in [0.2, 0.25) is 0 Å². The number of carbonyl (C=O) groups is 2. The molecule has 1 saturated heterocycles. The third-order valence-electron chi connectivity index (χ3n) is 1.87. The lowest BCUT2D eigenvalue weighted by Crippen LogP contribution is -2.31. The van der Waals surface area contributed by atoms with Gasteiger partial charge >= 0.3 is 0 Å². The van der Waals surface area contributed by atoms with Gasteiger partial charge in [-0.15, -0.1) is 0 Å². The lowest BCUT2D eigenvalue weighted by Gasteiger charge is -2.13. The van der Waals surface area contributed by atoms with Gasteiger partial charge in [-0.1, -0.05) is 0 Å². The Balaban J connectivity index is 2.45. The monoisotopic (exact) mass is 180 g/mol. The Hall–Kier alpha value is -1.82. The topological polar surface area (TPSA) is 111 Å². The standard InChI is InChI=1S/C7H8N4O2/c8-3-1-4(12)5(9)6(7(3)13)11-2-10-11/h1,10H,2,8-9H2. The molecule has 0 aromatic heterocycles. The summed E-state index contributed by atoms with van der Waals surface area (Å²) in [6.45, 7) is 0.516. The van der Waals surface area contributed by atoms with Crippen molar-refractivity contribution in [3.63, 3.8) is 0 Å². The number of allylic oxidation sites excluding steroid dienone is 1. The Labute approximate surface area is 73.8 Å². The van der Waals surface area contributed by atoms with Gasteiger partial charge in [0.25, 0.3) is 0 Å². The van der Waals surface area contributed by atoms with Crippen LogP contribution in [0.1, 0.15) is 0 Å². The Kier molecular flexibility index (Phi) is 1.40. The predicted molar refractivity (Wildman–Crippen MR) is 43.3 cm³/mol. The van der Waals surface area contributed by atoms with E-state index in [1.54, 1.807) is 0 Å². The average Bonchev–Trinajstić information content (AvgIpc) is 2.85.